The second-order valence-corrected chi connectivity index (χ2v) is 6.39. The molecule has 0 aliphatic carbocycles. The summed E-state index contributed by atoms with van der Waals surface area (Å²) in [6.07, 6.45) is 2.03. The van der Waals surface area contributed by atoms with Crippen molar-refractivity contribution in [1.82, 2.24) is 10.2 Å². The second-order valence-electron chi connectivity index (χ2n) is 6.39. The lowest BCUT2D eigenvalue weighted by molar-refractivity contribution is -0.133. The highest BCUT2D eigenvalue weighted by Crippen LogP contribution is 2.32. The molecule has 6 heteroatoms. The summed E-state index contributed by atoms with van der Waals surface area (Å²) in [6.45, 7) is 10.4. The first-order chi connectivity index (χ1) is 12.0. The molecule has 138 valence electrons. The van der Waals surface area contributed by atoms with Crippen LogP contribution in [-0.2, 0) is 9.59 Å². The Hall–Kier alpha value is -2.08. The van der Waals surface area contributed by atoms with Gasteiger partial charge in [0.1, 0.15) is 6.54 Å². The van der Waals surface area contributed by atoms with Gasteiger partial charge >= 0.3 is 5.97 Å². The van der Waals surface area contributed by atoms with Crippen molar-refractivity contribution in [2.24, 2.45) is 0 Å². The number of anilines is 1. The van der Waals surface area contributed by atoms with E-state index in [0.29, 0.717) is 12.3 Å². The molecule has 25 heavy (non-hydrogen) atoms. The normalized spacial score (nSPS) is 13.6. The predicted molar refractivity (Wildman–Crippen MR) is 99.1 cm³/mol. The van der Waals surface area contributed by atoms with Gasteiger partial charge in [-0.25, -0.2) is 4.79 Å². The fourth-order valence-corrected chi connectivity index (χ4v) is 2.96. The van der Waals surface area contributed by atoms with Crippen molar-refractivity contribution >= 4 is 17.6 Å². The number of ether oxygens (including phenoxy) is 1. The number of nitrogens with zero attached hydrogens (tertiary/aromatic N) is 2. The van der Waals surface area contributed by atoms with Gasteiger partial charge in [0.15, 0.2) is 5.75 Å². The molecule has 0 unspecified atom stereocenters. The van der Waals surface area contributed by atoms with Crippen LogP contribution in [-0.4, -0.2) is 56.0 Å². The zero-order chi connectivity index (χ0) is 18.2. The molecule has 1 heterocycles. The molecule has 0 fully saturated rings. The van der Waals surface area contributed by atoms with Crippen molar-refractivity contribution in [3.05, 3.63) is 23.8 Å². The van der Waals surface area contributed by atoms with E-state index in [9.17, 15) is 9.59 Å². The number of amides is 1. The number of hydrogen-bond acceptors (Lipinski definition) is 5. The van der Waals surface area contributed by atoms with Crippen LogP contribution >= 0.6 is 0 Å². The number of carbonyl (C=O) groups excluding carboxylic acids is 2. The molecule has 0 spiro atoms. The SMILES string of the molecule is CCN(CC)CCCCNC(=O)CN1CC(=O)Oc2cc(C)ccc21. The van der Waals surface area contributed by atoms with Crippen LogP contribution in [0.15, 0.2) is 18.2 Å². The van der Waals surface area contributed by atoms with Gasteiger partial charge in [-0.2, -0.15) is 0 Å². The number of aryl methyl sites for hydroxylation is 1. The molecule has 1 aliphatic rings. The Morgan fingerprint density at radius 2 is 2.04 bits per heavy atom. The topological polar surface area (TPSA) is 61.9 Å². The lowest BCUT2D eigenvalue weighted by atomic mass is 10.1. The first-order valence-corrected chi connectivity index (χ1v) is 9.08. The minimum atomic E-state index is -0.329. The summed E-state index contributed by atoms with van der Waals surface area (Å²) in [4.78, 5) is 28.1. The van der Waals surface area contributed by atoms with Crippen LogP contribution in [0.1, 0.15) is 32.3 Å². The van der Waals surface area contributed by atoms with Gasteiger partial charge in [-0.1, -0.05) is 19.9 Å². The highest BCUT2D eigenvalue weighted by atomic mass is 16.5. The quantitative estimate of drug-likeness (QED) is 0.420. The van der Waals surface area contributed by atoms with E-state index in [-0.39, 0.29) is 25.0 Å². The first kappa shape index (κ1) is 19.2. The Morgan fingerprint density at radius 1 is 1.28 bits per heavy atom. The summed E-state index contributed by atoms with van der Waals surface area (Å²) in [7, 11) is 0. The Balaban J connectivity index is 1.78. The monoisotopic (exact) mass is 347 g/mol. The number of hydrogen-bond donors (Lipinski definition) is 1. The van der Waals surface area contributed by atoms with Crippen molar-refractivity contribution in [3.8, 4) is 5.75 Å². The molecule has 0 atom stereocenters. The van der Waals surface area contributed by atoms with Gasteiger partial charge in [0.05, 0.1) is 12.2 Å². The maximum Gasteiger partial charge on any atom is 0.331 e. The summed E-state index contributed by atoms with van der Waals surface area (Å²) in [5.41, 5.74) is 1.81. The molecular weight excluding hydrogens is 318 g/mol. The van der Waals surface area contributed by atoms with E-state index in [2.05, 4.69) is 24.1 Å². The number of esters is 1. The minimum Gasteiger partial charge on any atom is -0.423 e. The third-order valence-electron chi connectivity index (χ3n) is 4.45. The average molecular weight is 347 g/mol. The maximum atomic E-state index is 12.2. The molecule has 2 rings (SSSR count). The first-order valence-electron chi connectivity index (χ1n) is 9.08. The summed E-state index contributed by atoms with van der Waals surface area (Å²) in [6, 6.07) is 5.68. The molecule has 0 aromatic heterocycles. The predicted octanol–water partition coefficient (Wildman–Crippen LogP) is 1.96. The van der Waals surface area contributed by atoms with Gasteiger partial charge in [-0.15, -0.1) is 0 Å². The van der Waals surface area contributed by atoms with Crippen molar-refractivity contribution < 1.29 is 14.3 Å². The molecule has 1 aromatic carbocycles. The van der Waals surface area contributed by atoms with Crippen LogP contribution < -0.4 is 15.0 Å². The van der Waals surface area contributed by atoms with Crippen LogP contribution in [0.3, 0.4) is 0 Å². The molecule has 0 saturated carbocycles. The highest BCUT2D eigenvalue weighted by molar-refractivity contribution is 5.89. The summed E-state index contributed by atoms with van der Waals surface area (Å²) >= 11 is 0. The van der Waals surface area contributed by atoms with E-state index in [1.807, 2.05) is 25.1 Å². The molecular formula is C19H29N3O3. The molecule has 1 N–H and O–H groups in total. The molecule has 1 aliphatic heterocycles. The lowest BCUT2D eigenvalue weighted by Gasteiger charge is -2.29. The van der Waals surface area contributed by atoms with Crippen molar-refractivity contribution in [2.75, 3.05) is 44.2 Å². The van der Waals surface area contributed by atoms with Gasteiger partial charge < -0.3 is 19.9 Å². The van der Waals surface area contributed by atoms with Gasteiger partial charge in [-0.3, -0.25) is 4.79 Å². The Kier molecular flexibility index (Phi) is 7.25. The number of unbranched alkanes of at least 4 members (excludes halogenated alkanes) is 1. The van der Waals surface area contributed by atoms with Crippen LogP contribution in [0.2, 0.25) is 0 Å². The Bertz CT molecular complexity index is 600. The van der Waals surface area contributed by atoms with E-state index in [1.54, 1.807) is 4.90 Å². The van der Waals surface area contributed by atoms with E-state index in [0.717, 1.165) is 43.7 Å². The fraction of sp³-hybridized carbons (Fsp3) is 0.579. The Labute approximate surface area is 150 Å². The number of nitrogens with one attached hydrogen (secondary N) is 1. The average Bonchev–Trinajstić information content (AvgIpc) is 2.57. The van der Waals surface area contributed by atoms with Crippen LogP contribution in [0.25, 0.3) is 0 Å². The number of rotatable bonds is 9. The summed E-state index contributed by atoms with van der Waals surface area (Å²) in [5, 5.41) is 2.95. The van der Waals surface area contributed by atoms with Crippen molar-refractivity contribution in [1.29, 1.82) is 0 Å². The molecule has 0 saturated heterocycles. The highest BCUT2D eigenvalue weighted by Gasteiger charge is 2.25. The van der Waals surface area contributed by atoms with Crippen molar-refractivity contribution in [3.63, 3.8) is 0 Å². The smallest absolute Gasteiger partial charge is 0.331 e. The lowest BCUT2D eigenvalue weighted by Crippen LogP contribution is -2.43. The third kappa shape index (κ3) is 5.74. The number of carbonyl (C=O) groups is 2. The zero-order valence-corrected chi connectivity index (χ0v) is 15.5. The van der Waals surface area contributed by atoms with Gasteiger partial charge in [0.25, 0.3) is 0 Å². The Morgan fingerprint density at radius 3 is 2.76 bits per heavy atom. The third-order valence-corrected chi connectivity index (χ3v) is 4.45. The molecule has 6 nitrogen and oxygen atoms in total. The van der Waals surface area contributed by atoms with Crippen LogP contribution in [0.5, 0.6) is 5.75 Å². The largest absolute Gasteiger partial charge is 0.423 e. The number of benzene rings is 1. The van der Waals surface area contributed by atoms with E-state index < -0.39 is 0 Å². The van der Waals surface area contributed by atoms with E-state index in [4.69, 9.17) is 4.74 Å². The maximum absolute atomic E-state index is 12.2. The molecule has 0 bridgehead atoms. The molecule has 0 radical (unpaired) electrons. The van der Waals surface area contributed by atoms with Crippen LogP contribution in [0.4, 0.5) is 5.69 Å². The van der Waals surface area contributed by atoms with E-state index >= 15 is 0 Å². The standard InChI is InChI=1S/C19H29N3O3/c1-4-21(5-2)11-7-6-10-20-18(23)13-22-14-19(24)25-17-12-15(3)8-9-16(17)22/h8-9,12H,4-7,10-11,13-14H2,1-3H3,(H,20,23). The summed E-state index contributed by atoms with van der Waals surface area (Å²) < 4.78 is 5.26. The summed E-state index contributed by atoms with van der Waals surface area (Å²) in [5.74, 6) is 0.137. The molecule has 1 aromatic rings. The van der Waals surface area contributed by atoms with Crippen LogP contribution in [0, 0.1) is 6.92 Å². The number of fused-ring (bicyclic) bond motifs is 1. The van der Waals surface area contributed by atoms with Gasteiger partial charge in [-0.05, 0) is 57.1 Å². The van der Waals surface area contributed by atoms with Gasteiger partial charge in [0, 0.05) is 6.54 Å². The minimum absolute atomic E-state index is 0.0657. The second kappa shape index (κ2) is 9.42. The fourth-order valence-electron chi connectivity index (χ4n) is 2.96. The van der Waals surface area contributed by atoms with E-state index in [1.165, 1.54) is 0 Å². The zero-order valence-electron chi connectivity index (χ0n) is 15.5. The van der Waals surface area contributed by atoms with Crippen molar-refractivity contribution in [2.45, 2.75) is 33.6 Å². The van der Waals surface area contributed by atoms with Gasteiger partial charge in [0.2, 0.25) is 5.91 Å². The molecule has 1 amide bonds.